The molecule has 25 heavy (non-hydrogen) atoms. The fourth-order valence-corrected chi connectivity index (χ4v) is 3.59. The minimum Gasteiger partial charge on any atom is -0.744 e. The van der Waals surface area contributed by atoms with E-state index in [9.17, 15) is 13.0 Å². The van der Waals surface area contributed by atoms with E-state index in [1.807, 2.05) is 31.2 Å². The Balaban J connectivity index is 0.00000312. The molecule has 0 amide bonds. The summed E-state index contributed by atoms with van der Waals surface area (Å²) in [5, 5.41) is 0. The average Bonchev–Trinajstić information content (AvgIpc) is 2.51. The summed E-state index contributed by atoms with van der Waals surface area (Å²) in [6.07, 6.45) is 0. The van der Waals surface area contributed by atoms with Crippen LogP contribution < -0.4 is 39.0 Å². The number of rotatable bonds is 7. The van der Waals surface area contributed by atoms with Crippen LogP contribution in [-0.2, 0) is 10.1 Å². The average molecular weight is 390 g/mol. The van der Waals surface area contributed by atoms with Gasteiger partial charge in [0.1, 0.15) is 26.5 Å². The summed E-state index contributed by atoms with van der Waals surface area (Å²) < 4.78 is 45.4. The van der Waals surface area contributed by atoms with E-state index in [0.29, 0.717) is 17.3 Å². The molecule has 0 saturated carbocycles. The molecule has 5 nitrogen and oxygen atoms in total. The first-order valence-corrected chi connectivity index (χ1v) is 9.71. The Hall–Kier alpha value is -0.700. The fraction of sp³-hybridized carbons (Fsp3) is 0.294. The molecule has 0 aliphatic rings. The van der Waals surface area contributed by atoms with Gasteiger partial charge in [-0.15, -0.1) is 0 Å². The van der Waals surface area contributed by atoms with E-state index >= 15 is 0 Å². The topological polar surface area (TPSA) is 75.7 Å². The van der Waals surface area contributed by atoms with Crippen LogP contribution in [0.3, 0.4) is 0 Å². The monoisotopic (exact) mass is 390 g/mol. The van der Waals surface area contributed by atoms with Gasteiger partial charge in [-0.05, 0) is 39.0 Å². The third kappa shape index (κ3) is 6.20. The van der Waals surface area contributed by atoms with Crippen LogP contribution in [0, 0.1) is 6.92 Å². The molecule has 0 aliphatic heterocycles. The van der Waals surface area contributed by atoms with Gasteiger partial charge in [-0.3, -0.25) is 0 Å². The first-order chi connectivity index (χ1) is 11.3. The van der Waals surface area contributed by atoms with Gasteiger partial charge in [0.25, 0.3) is 0 Å². The molecular weight excluding hydrogens is 371 g/mol. The second-order valence-corrected chi connectivity index (χ2v) is 7.44. The zero-order valence-electron chi connectivity index (χ0n) is 14.7. The Kier molecular flexibility index (Phi) is 8.80. The maximum absolute atomic E-state index is 11.5. The minimum atomic E-state index is -4.66. The number of aryl methyl sites for hydroxylation is 1. The maximum Gasteiger partial charge on any atom is 1.00 e. The first kappa shape index (κ1) is 22.3. The van der Waals surface area contributed by atoms with E-state index < -0.39 is 15.0 Å². The van der Waals surface area contributed by atoms with Crippen LogP contribution in [0.5, 0.6) is 11.5 Å². The second-order valence-electron chi connectivity index (χ2n) is 4.98. The fourth-order valence-electron chi connectivity index (χ4n) is 2.07. The molecule has 0 aliphatic carbocycles. The maximum atomic E-state index is 11.5. The van der Waals surface area contributed by atoms with Gasteiger partial charge in [-0.2, -0.15) is 0 Å². The van der Waals surface area contributed by atoms with Crippen LogP contribution in [-0.4, -0.2) is 26.2 Å². The number of ether oxygens (including phenoxy) is 2. The molecule has 8 heteroatoms. The van der Waals surface area contributed by atoms with E-state index in [4.69, 9.17) is 9.47 Å². The van der Waals surface area contributed by atoms with E-state index in [1.54, 1.807) is 19.9 Å². The zero-order chi connectivity index (χ0) is 17.7. The molecule has 0 N–H and O–H groups in total. The molecule has 0 saturated heterocycles. The number of hydrogen-bond acceptors (Lipinski definition) is 6. The molecule has 130 valence electrons. The van der Waals surface area contributed by atoms with Gasteiger partial charge in [0.2, 0.25) is 0 Å². The molecular formula is C17H19NaO5S2. The summed E-state index contributed by atoms with van der Waals surface area (Å²) in [4.78, 5) is 1.26. The molecule has 0 fully saturated rings. The molecule has 2 aromatic carbocycles. The standard InChI is InChI=1S/C17H20O5S2.Na/c1-4-21-14-11-17(24(18,19)20)15(22-5-2)10-16(14)23-13-8-6-12(3)7-9-13;/h6-11H,4-5H2,1-3H3,(H,18,19,20);/q;+1/p-1. The molecule has 0 unspecified atom stereocenters. The quantitative estimate of drug-likeness (QED) is 0.515. The third-order valence-electron chi connectivity index (χ3n) is 3.13. The normalized spacial score (nSPS) is 10.9. The predicted octanol–water partition coefficient (Wildman–Crippen LogP) is 0.852. The van der Waals surface area contributed by atoms with Crippen molar-refractivity contribution in [3.63, 3.8) is 0 Å². The Bertz CT molecular complexity index is 805. The molecule has 2 rings (SSSR count). The number of hydrogen-bond donors (Lipinski definition) is 0. The van der Waals surface area contributed by atoms with Gasteiger partial charge in [-0.1, -0.05) is 29.5 Å². The van der Waals surface area contributed by atoms with Crippen molar-refractivity contribution in [2.24, 2.45) is 0 Å². The minimum absolute atomic E-state index is 0. The van der Waals surface area contributed by atoms with Crippen molar-refractivity contribution in [1.29, 1.82) is 0 Å². The molecule has 2 aromatic rings. The third-order valence-corrected chi connectivity index (χ3v) is 5.03. The van der Waals surface area contributed by atoms with Gasteiger partial charge in [0.15, 0.2) is 0 Å². The van der Waals surface area contributed by atoms with E-state index in [-0.39, 0.29) is 41.9 Å². The largest absolute Gasteiger partial charge is 1.00 e. The summed E-state index contributed by atoms with van der Waals surface area (Å²) in [6.45, 7) is 6.13. The Morgan fingerprint density at radius 1 is 1.00 bits per heavy atom. The molecule has 0 radical (unpaired) electrons. The Morgan fingerprint density at radius 2 is 1.56 bits per heavy atom. The zero-order valence-corrected chi connectivity index (χ0v) is 18.4. The van der Waals surface area contributed by atoms with Crippen molar-refractivity contribution < 1.29 is 52.0 Å². The summed E-state index contributed by atoms with van der Waals surface area (Å²) in [7, 11) is -4.66. The van der Waals surface area contributed by atoms with Crippen LogP contribution in [0.1, 0.15) is 19.4 Å². The van der Waals surface area contributed by atoms with Crippen LogP contribution >= 0.6 is 11.8 Å². The van der Waals surface area contributed by atoms with E-state index in [2.05, 4.69) is 0 Å². The molecule has 0 bridgehead atoms. The summed E-state index contributed by atoms with van der Waals surface area (Å²) in [6, 6.07) is 10.7. The number of benzene rings is 2. The Labute approximate surface area is 175 Å². The smallest absolute Gasteiger partial charge is 0.744 e. The van der Waals surface area contributed by atoms with Crippen LogP contribution in [0.4, 0.5) is 0 Å². The predicted molar refractivity (Wildman–Crippen MR) is 92.0 cm³/mol. The van der Waals surface area contributed by atoms with E-state index in [0.717, 1.165) is 10.5 Å². The van der Waals surface area contributed by atoms with Crippen molar-refractivity contribution in [1.82, 2.24) is 0 Å². The molecule has 0 atom stereocenters. The van der Waals surface area contributed by atoms with Crippen LogP contribution in [0.25, 0.3) is 0 Å². The van der Waals surface area contributed by atoms with Crippen LogP contribution in [0.2, 0.25) is 0 Å². The summed E-state index contributed by atoms with van der Waals surface area (Å²) in [5.41, 5.74) is 1.15. The molecule has 0 spiro atoms. The van der Waals surface area contributed by atoms with Crippen molar-refractivity contribution in [3.05, 3.63) is 42.0 Å². The van der Waals surface area contributed by atoms with Crippen LogP contribution in [0.15, 0.2) is 51.1 Å². The molecule has 0 aromatic heterocycles. The van der Waals surface area contributed by atoms with Crippen molar-refractivity contribution in [2.75, 3.05) is 13.2 Å². The van der Waals surface area contributed by atoms with Gasteiger partial charge in [-0.25, -0.2) is 8.42 Å². The van der Waals surface area contributed by atoms with Gasteiger partial charge in [0, 0.05) is 11.0 Å². The summed E-state index contributed by atoms with van der Waals surface area (Å²) >= 11 is 1.42. The van der Waals surface area contributed by atoms with Gasteiger partial charge < -0.3 is 14.0 Å². The summed E-state index contributed by atoms with van der Waals surface area (Å²) in [5.74, 6) is 0.395. The van der Waals surface area contributed by atoms with Crippen molar-refractivity contribution in [2.45, 2.75) is 35.5 Å². The van der Waals surface area contributed by atoms with Gasteiger partial charge >= 0.3 is 29.6 Å². The van der Waals surface area contributed by atoms with E-state index in [1.165, 1.54) is 17.8 Å². The van der Waals surface area contributed by atoms with Crippen molar-refractivity contribution >= 4 is 21.9 Å². The van der Waals surface area contributed by atoms with Crippen molar-refractivity contribution in [3.8, 4) is 11.5 Å². The van der Waals surface area contributed by atoms with Gasteiger partial charge in [0.05, 0.1) is 18.1 Å². The SMILES string of the molecule is CCOc1cc(S(=O)(=O)[O-])c(OCC)cc1Sc1ccc(C)cc1.[Na+]. The Morgan fingerprint density at radius 3 is 2.08 bits per heavy atom. The first-order valence-electron chi connectivity index (χ1n) is 7.49. The molecule has 0 heterocycles. The second kappa shape index (κ2) is 9.85.